The predicted octanol–water partition coefficient (Wildman–Crippen LogP) is 2.13. The van der Waals surface area contributed by atoms with E-state index in [-0.39, 0.29) is 12.4 Å². The van der Waals surface area contributed by atoms with Crippen LogP contribution in [-0.4, -0.2) is 30.9 Å². The number of hydrogen-bond acceptors (Lipinski definition) is 5. The SMILES string of the molecule is C[C@H](OC(=O)COc1ccccc1C=O)C(=O)NCc1ccccc1. The third-order valence-electron chi connectivity index (χ3n) is 3.38. The summed E-state index contributed by atoms with van der Waals surface area (Å²) in [6, 6.07) is 15.9. The van der Waals surface area contributed by atoms with Crippen LogP contribution >= 0.6 is 0 Å². The van der Waals surface area contributed by atoms with Crippen LogP contribution < -0.4 is 10.1 Å². The quantitative estimate of drug-likeness (QED) is 0.587. The van der Waals surface area contributed by atoms with E-state index in [0.29, 0.717) is 18.4 Å². The van der Waals surface area contributed by atoms with Gasteiger partial charge in [-0.05, 0) is 24.6 Å². The number of benzene rings is 2. The molecule has 0 spiro atoms. The maximum atomic E-state index is 12.0. The summed E-state index contributed by atoms with van der Waals surface area (Å²) < 4.78 is 10.3. The molecule has 2 aromatic carbocycles. The summed E-state index contributed by atoms with van der Waals surface area (Å²) in [6.07, 6.45) is -0.304. The van der Waals surface area contributed by atoms with E-state index in [0.717, 1.165) is 5.56 Å². The van der Waals surface area contributed by atoms with Gasteiger partial charge in [0.25, 0.3) is 5.91 Å². The van der Waals surface area contributed by atoms with Gasteiger partial charge >= 0.3 is 5.97 Å². The van der Waals surface area contributed by atoms with Crippen molar-refractivity contribution in [2.45, 2.75) is 19.6 Å². The van der Waals surface area contributed by atoms with E-state index in [4.69, 9.17) is 9.47 Å². The Kier molecular flexibility index (Phi) is 6.71. The normalized spacial score (nSPS) is 11.2. The highest BCUT2D eigenvalue weighted by Gasteiger charge is 2.18. The van der Waals surface area contributed by atoms with Gasteiger partial charge in [-0.25, -0.2) is 4.79 Å². The number of para-hydroxylation sites is 1. The summed E-state index contributed by atoms with van der Waals surface area (Å²) in [5.74, 6) is -0.802. The van der Waals surface area contributed by atoms with Crippen LogP contribution in [0.1, 0.15) is 22.8 Å². The first kappa shape index (κ1) is 18.2. The largest absolute Gasteiger partial charge is 0.481 e. The van der Waals surface area contributed by atoms with Crippen LogP contribution in [0.5, 0.6) is 5.75 Å². The highest BCUT2D eigenvalue weighted by Crippen LogP contribution is 2.15. The molecule has 1 amide bonds. The van der Waals surface area contributed by atoms with Crippen molar-refractivity contribution in [1.82, 2.24) is 5.32 Å². The van der Waals surface area contributed by atoms with Gasteiger partial charge in [-0.3, -0.25) is 9.59 Å². The topological polar surface area (TPSA) is 81.7 Å². The van der Waals surface area contributed by atoms with Crippen LogP contribution in [-0.2, 0) is 20.9 Å². The first-order valence-electron chi connectivity index (χ1n) is 7.78. The van der Waals surface area contributed by atoms with Gasteiger partial charge in [0.2, 0.25) is 0 Å². The number of nitrogens with one attached hydrogen (secondary N) is 1. The molecule has 0 unspecified atom stereocenters. The number of carbonyl (C=O) groups excluding carboxylic acids is 3. The number of aldehydes is 1. The molecule has 0 heterocycles. The van der Waals surface area contributed by atoms with Crippen molar-refractivity contribution in [1.29, 1.82) is 0 Å². The third kappa shape index (κ3) is 5.76. The molecule has 2 aromatic rings. The van der Waals surface area contributed by atoms with Crippen LogP contribution in [0.25, 0.3) is 0 Å². The summed E-state index contributed by atoms with van der Waals surface area (Å²) in [7, 11) is 0. The van der Waals surface area contributed by atoms with E-state index in [1.807, 2.05) is 30.3 Å². The van der Waals surface area contributed by atoms with E-state index in [1.165, 1.54) is 6.92 Å². The van der Waals surface area contributed by atoms with Crippen LogP contribution in [0.4, 0.5) is 0 Å². The monoisotopic (exact) mass is 341 g/mol. The van der Waals surface area contributed by atoms with Crippen LogP contribution in [0, 0.1) is 0 Å². The first-order valence-corrected chi connectivity index (χ1v) is 7.78. The Labute approximate surface area is 145 Å². The maximum absolute atomic E-state index is 12.0. The van der Waals surface area contributed by atoms with Crippen molar-refractivity contribution in [3.05, 3.63) is 65.7 Å². The maximum Gasteiger partial charge on any atom is 0.344 e. The molecule has 0 fully saturated rings. The fraction of sp³-hybridized carbons (Fsp3) is 0.211. The second-order valence-corrected chi connectivity index (χ2v) is 5.28. The second-order valence-electron chi connectivity index (χ2n) is 5.28. The van der Waals surface area contributed by atoms with Gasteiger partial charge in [0.1, 0.15) is 5.75 Å². The number of ether oxygens (including phenoxy) is 2. The van der Waals surface area contributed by atoms with Gasteiger partial charge in [0.05, 0.1) is 5.56 Å². The molecular weight excluding hydrogens is 322 g/mol. The summed E-state index contributed by atoms with van der Waals surface area (Å²) in [5.41, 5.74) is 1.28. The van der Waals surface area contributed by atoms with E-state index in [1.54, 1.807) is 24.3 Å². The third-order valence-corrected chi connectivity index (χ3v) is 3.38. The predicted molar refractivity (Wildman–Crippen MR) is 91.2 cm³/mol. The molecule has 0 radical (unpaired) electrons. The zero-order valence-corrected chi connectivity index (χ0v) is 13.8. The van der Waals surface area contributed by atoms with E-state index < -0.39 is 18.0 Å². The minimum atomic E-state index is -0.943. The number of esters is 1. The van der Waals surface area contributed by atoms with Crippen LogP contribution in [0.15, 0.2) is 54.6 Å². The van der Waals surface area contributed by atoms with Gasteiger partial charge in [0.15, 0.2) is 19.0 Å². The van der Waals surface area contributed by atoms with Crippen molar-refractivity contribution in [2.24, 2.45) is 0 Å². The number of rotatable bonds is 8. The Bertz CT molecular complexity index is 730. The second kappa shape index (κ2) is 9.22. The summed E-state index contributed by atoms with van der Waals surface area (Å²) in [4.78, 5) is 34.6. The fourth-order valence-corrected chi connectivity index (χ4v) is 2.06. The molecular formula is C19H19NO5. The van der Waals surface area contributed by atoms with Crippen molar-refractivity contribution < 1.29 is 23.9 Å². The molecule has 0 bridgehead atoms. The molecule has 1 atom stereocenters. The lowest BCUT2D eigenvalue weighted by molar-refractivity contribution is -0.156. The van der Waals surface area contributed by atoms with E-state index in [2.05, 4.69) is 5.32 Å². The summed E-state index contributed by atoms with van der Waals surface area (Å²) in [6.45, 7) is 1.45. The minimum absolute atomic E-state index is 0.288. The summed E-state index contributed by atoms with van der Waals surface area (Å²) in [5, 5.41) is 2.69. The molecule has 6 nitrogen and oxygen atoms in total. The molecule has 25 heavy (non-hydrogen) atoms. The average Bonchev–Trinajstić information content (AvgIpc) is 2.65. The smallest absolute Gasteiger partial charge is 0.344 e. The molecule has 2 rings (SSSR count). The highest BCUT2D eigenvalue weighted by atomic mass is 16.6. The van der Waals surface area contributed by atoms with Gasteiger partial charge < -0.3 is 14.8 Å². The van der Waals surface area contributed by atoms with Gasteiger partial charge in [-0.15, -0.1) is 0 Å². The Morgan fingerprint density at radius 1 is 1.08 bits per heavy atom. The molecule has 0 aliphatic rings. The zero-order valence-electron chi connectivity index (χ0n) is 13.8. The molecule has 0 aromatic heterocycles. The Hall–Kier alpha value is -3.15. The van der Waals surface area contributed by atoms with Crippen molar-refractivity contribution in [3.8, 4) is 5.75 Å². The lowest BCUT2D eigenvalue weighted by Gasteiger charge is -2.14. The molecule has 6 heteroatoms. The van der Waals surface area contributed by atoms with E-state index >= 15 is 0 Å². The molecule has 0 saturated heterocycles. The summed E-state index contributed by atoms with van der Waals surface area (Å²) >= 11 is 0. The van der Waals surface area contributed by atoms with E-state index in [9.17, 15) is 14.4 Å². The fourth-order valence-electron chi connectivity index (χ4n) is 2.06. The highest BCUT2D eigenvalue weighted by molar-refractivity contribution is 5.84. The van der Waals surface area contributed by atoms with Gasteiger partial charge in [-0.2, -0.15) is 0 Å². The Morgan fingerprint density at radius 3 is 2.48 bits per heavy atom. The van der Waals surface area contributed by atoms with Crippen LogP contribution in [0.2, 0.25) is 0 Å². The minimum Gasteiger partial charge on any atom is -0.481 e. The van der Waals surface area contributed by atoms with Gasteiger partial charge in [0, 0.05) is 6.54 Å². The van der Waals surface area contributed by atoms with Gasteiger partial charge in [-0.1, -0.05) is 42.5 Å². The van der Waals surface area contributed by atoms with Crippen molar-refractivity contribution >= 4 is 18.2 Å². The van der Waals surface area contributed by atoms with Crippen molar-refractivity contribution in [3.63, 3.8) is 0 Å². The lowest BCUT2D eigenvalue weighted by Crippen LogP contribution is -2.36. The molecule has 0 aliphatic heterocycles. The standard InChI is InChI=1S/C19H19NO5/c1-14(19(23)20-11-15-7-3-2-4-8-15)25-18(22)13-24-17-10-6-5-9-16(17)12-21/h2-10,12,14H,11,13H2,1H3,(H,20,23)/t14-/m0/s1. The molecule has 130 valence electrons. The lowest BCUT2D eigenvalue weighted by atomic mass is 10.2. The number of hydrogen-bond donors (Lipinski definition) is 1. The Morgan fingerprint density at radius 2 is 1.76 bits per heavy atom. The van der Waals surface area contributed by atoms with Crippen molar-refractivity contribution in [2.75, 3.05) is 6.61 Å². The zero-order chi connectivity index (χ0) is 18.1. The molecule has 1 N–H and O–H groups in total. The molecule has 0 aliphatic carbocycles. The number of amides is 1. The first-order chi connectivity index (χ1) is 12.1. The van der Waals surface area contributed by atoms with Crippen LogP contribution in [0.3, 0.4) is 0 Å². The molecule has 0 saturated carbocycles. The average molecular weight is 341 g/mol. The number of carbonyl (C=O) groups is 3. The Balaban J connectivity index is 1.77.